The maximum absolute atomic E-state index is 12.9. The highest BCUT2D eigenvalue weighted by atomic mass is 16.5. The Hall–Kier alpha value is -1.77. The number of aromatic nitrogens is 1. The topological polar surface area (TPSA) is 42.1 Å². The minimum absolute atomic E-state index is 0.170. The Balaban J connectivity index is 2.00. The molecule has 1 fully saturated rings. The van der Waals surface area contributed by atoms with Gasteiger partial charge in [0.2, 0.25) is 0 Å². The lowest BCUT2D eigenvalue weighted by Crippen LogP contribution is -2.17. The van der Waals surface area contributed by atoms with Crippen molar-refractivity contribution in [3.63, 3.8) is 0 Å². The quantitative estimate of drug-likeness (QED) is 0.817. The van der Waals surface area contributed by atoms with E-state index in [1.165, 1.54) is 6.42 Å². The second-order valence-electron chi connectivity index (χ2n) is 6.11. The summed E-state index contributed by atoms with van der Waals surface area (Å²) in [6.45, 7) is 4.96. The number of ether oxygens (including phenoxy) is 1. The van der Waals surface area contributed by atoms with Crippen LogP contribution in [0.15, 0.2) is 24.4 Å². The molecule has 1 aliphatic rings. The minimum atomic E-state index is 0.170. The van der Waals surface area contributed by atoms with Gasteiger partial charge in [-0.1, -0.05) is 26.3 Å². The molecule has 0 radical (unpaired) electrons. The molecule has 0 amide bonds. The molecule has 3 rings (SSSR count). The summed E-state index contributed by atoms with van der Waals surface area (Å²) >= 11 is 0. The van der Waals surface area contributed by atoms with Gasteiger partial charge in [-0.05, 0) is 37.3 Å². The van der Waals surface area contributed by atoms with E-state index in [0.717, 1.165) is 41.5 Å². The maximum Gasteiger partial charge on any atom is 0.168 e. The summed E-state index contributed by atoms with van der Waals surface area (Å²) in [7, 11) is 0. The highest BCUT2D eigenvalue weighted by molar-refractivity contribution is 6.11. The molecular formula is C18H23NO2. The fraction of sp³-hybridized carbons (Fsp3) is 0.500. The van der Waals surface area contributed by atoms with Gasteiger partial charge in [-0.25, -0.2) is 0 Å². The molecule has 2 atom stereocenters. The van der Waals surface area contributed by atoms with E-state index in [9.17, 15) is 4.79 Å². The number of benzene rings is 1. The second kappa shape index (κ2) is 5.92. The first-order valence-corrected chi connectivity index (χ1v) is 7.99. The average Bonchev–Trinajstić information content (AvgIpc) is 3.10. The number of carbonyl (C=O) groups is 1. The number of aromatic amines is 1. The lowest BCUT2D eigenvalue weighted by Gasteiger charge is -2.14. The fourth-order valence-corrected chi connectivity index (χ4v) is 3.41. The monoisotopic (exact) mass is 285 g/mol. The van der Waals surface area contributed by atoms with E-state index in [1.807, 2.05) is 24.4 Å². The smallest absolute Gasteiger partial charge is 0.168 e. The number of rotatable bonds is 5. The average molecular weight is 285 g/mol. The summed E-state index contributed by atoms with van der Waals surface area (Å²) in [5.74, 6) is 1.76. The van der Waals surface area contributed by atoms with Gasteiger partial charge in [0.05, 0.1) is 12.0 Å². The van der Waals surface area contributed by atoms with E-state index >= 15 is 0 Å². The van der Waals surface area contributed by atoms with Gasteiger partial charge in [-0.3, -0.25) is 4.79 Å². The predicted molar refractivity (Wildman–Crippen MR) is 84.9 cm³/mol. The van der Waals surface area contributed by atoms with Crippen LogP contribution in [0.4, 0.5) is 0 Å². The van der Waals surface area contributed by atoms with Crippen LogP contribution >= 0.6 is 0 Å². The van der Waals surface area contributed by atoms with Crippen LogP contribution in [-0.2, 0) is 0 Å². The molecule has 0 bridgehead atoms. The molecule has 0 saturated heterocycles. The van der Waals surface area contributed by atoms with Crippen molar-refractivity contribution in [1.82, 2.24) is 4.98 Å². The Morgan fingerprint density at radius 2 is 2.24 bits per heavy atom. The van der Waals surface area contributed by atoms with Gasteiger partial charge < -0.3 is 9.72 Å². The van der Waals surface area contributed by atoms with Crippen molar-refractivity contribution in [2.45, 2.75) is 39.5 Å². The first kappa shape index (κ1) is 14.2. The highest BCUT2D eigenvalue weighted by Crippen LogP contribution is 2.37. The van der Waals surface area contributed by atoms with Crippen LogP contribution in [0.2, 0.25) is 0 Å². The SMILES string of the molecule is CCCOc1cccc2[nH]cc(C(=O)C3CCCC3C)c12. The van der Waals surface area contributed by atoms with Crippen LogP contribution in [0.1, 0.15) is 49.9 Å². The third-order valence-corrected chi connectivity index (χ3v) is 4.59. The third-order valence-electron chi connectivity index (χ3n) is 4.59. The Kier molecular flexibility index (Phi) is 4.00. The third kappa shape index (κ3) is 2.57. The number of H-pyrrole nitrogens is 1. The molecule has 0 aliphatic heterocycles. The number of hydrogen-bond donors (Lipinski definition) is 1. The van der Waals surface area contributed by atoms with E-state index < -0.39 is 0 Å². The van der Waals surface area contributed by atoms with Crippen LogP contribution in [0, 0.1) is 11.8 Å². The molecule has 2 unspecified atom stereocenters. The summed E-state index contributed by atoms with van der Waals surface area (Å²) in [6.07, 6.45) is 6.17. The van der Waals surface area contributed by atoms with Crippen molar-refractivity contribution in [2.24, 2.45) is 11.8 Å². The van der Waals surface area contributed by atoms with Crippen molar-refractivity contribution in [3.05, 3.63) is 30.0 Å². The Labute approximate surface area is 125 Å². The number of ketones is 1. The van der Waals surface area contributed by atoms with Crippen molar-refractivity contribution in [1.29, 1.82) is 0 Å². The molecule has 112 valence electrons. The zero-order valence-electron chi connectivity index (χ0n) is 12.8. The van der Waals surface area contributed by atoms with E-state index in [0.29, 0.717) is 12.5 Å². The number of carbonyl (C=O) groups excluding carboxylic acids is 1. The molecule has 2 aromatic rings. The van der Waals surface area contributed by atoms with Crippen LogP contribution in [0.25, 0.3) is 10.9 Å². The van der Waals surface area contributed by atoms with Crippen LogP contribution in [-0.4, -0.2) is 17.4 Å². The Morgan fingerprint density at radius 3 is 2.95 bits per heavy atom. The molecule has 1 heterocycles. The molecule has 0 spiro atoms. The molecule has 1 aromatic heterocycles. The lowest BCUT2D eigenvalue weighted by molar-refractivity contribution is 0.0898. The Bertz CT molecular complexity index is 644. The van der Waals surface area contributed by atoms with Gasteiger partial charge >= 0.3 is 0 Å². The van der Waals surface area contributed by atoms with Crippen molar-refractivity contribution in [3.8, 4) is 5.75 Å². The largest absolute Gasteiger partial charge is 0.493 e. The summed E-state index contributed by atoms with van der Waals surface area (Å²) in [5.41, 5.74) is 1.79. The summed E-state index contributed by atoms with van der Waals surface area (Å²) in [6, 6.07) is 5.93. The highest BCUT2D eigenvalue weighted by Gasteiger charge is 2.32. The first-order valence-electron chi connectivity index (χ1n) is 7.99. The van der Waals surface area contributed by atoms with E-state index in [4.69, 9.17) is 4.74 Å². The van der Waals surface area contributed by atoms with Gasteiger partial charge in [0.25, 0.3) is 0 Å². The normalized spacial score (nSPS) is 21.8. The summed E-state index contributed by atoms with van der Waals surface area (Å²) in [5, 5.41) is 0.954. The number of fused-ring (bicyclic) bond motifs is 1. The number of nitrogens with one attached hydrogen (secondary N) is 1. The molecule has 1 N–H and O–H groups in total. The van der Waals surface area contributed by atoms with Gasteiger partial charge in [0, 0.05) is 23.2 Å². The van der Waals surface area contributed by atoms with Gasteiger partial charge in [0.15, 0.2) is 5.78 Å². The summed E-state index contributed by atoms with van der Waals surface area (Å²) < 4.78 is 5.83. The van der Waals surface area contributed by atoms with E-state index in [2.05, 4.69) is 18.8 Å². The van der Waals surface area contributed by atoms with Gasteiger partial charge in [-0.15, -0.1) is 0 Å². The molecule has 1 aliphatic carbocycles. The fourth-order valence-electron chi connectivity index (χ4n) is 3.41. The lowest BCUT2D eigenvalue weighted by atomic mass is 9.89. The summed E-state index contributed by atoms with van der Waals surface area (Å²) in [4.78, 5) is 16.1. The van der Waals surface area contributed by atoms with E-state index in [1.54, 1.807) is 0 Å². The van der Waals surface area contributed by atoms with Crippen LogP contribution < -0.4 is 4.74 Å². The second-order valence-corrected chi connectivity index (χ2v) is 6.11. The van der Waals surface area contributed by atoms with Crippen molar-refractivity contribution < 1.29 is 9.53 Å². The number of Topliss-reactive ketones (excluding diaryl/α,β-unsaturated/α-hetero) is 1. The molecule has 1 saturated carbocycles. The van der Waals surface area contributed by atoms with E-state index in [-0.39, 0.29) is 11.7 Å². The van der Waals surface area contributed by atoms with Crippen LogP contribution in [0.3, 0.4) is 0 Å². The Morgan fingerprint density at radius 1 is 1.38 bits per heavy atom. The molecule has 3 nitrogen and oxygen atoms in total. The molecule has 21 heavy (non-hydrogen) atoms. The van der Waals surface area contributed by atoms with Crippen LogP contribution in [0.5, 0.6) is 5.75 Å². The minimum Gasteiger partial charge on any atom is -0.493 e. The molecular weight excluding hydrogens is 262 g/mol. The molecule has 3 heteroatoms. The first-order chi connectivity index (χ1) is 10.2. The zero-order valence-corrected chi connectivity index (χ0v) is 12.8. The number of hydrogen-bond acceptors (Lipinski definition) is 2. The zero-order chi connectivity index (χ0) is 14.8. The van der Waals surface area contributed by atoms with Crippen molar-refractivity contribution in [2.75, 3.05) is 6.61 Å². The molecule has 1 aromatic carbocycles. The standard InChI is InChI=1S/C18H23NO2/c1-3-10-21-16-9-5-8-15-17(16)14(11-19-15)18(20)13-7-4-6-12(13)2/h5,8-9,11-13,19H,3-4,6-7,10H2,1-2H3. The van der Waals surface area contributed by atoms with Gasteiger partial charge in [-0.2, -0.15) is 0 Å². The maximum atomic E-state index is 12.9. The van der Waals surface area contributed by atoms with Gasteiger partial charge in [0.1, 0.15) is 5.75 Å². The van der Waals surface area contributed by atoms with Crippen molar-refractivity contribution >= 4 is 16.7 Å². The predicted octanol–water partition coefficient (Wildman–Crippen LogP) is 4.58.